The molecule has 3 amide bonds. The lowest BCUT2D eigenvalue weighted by Gasteiger charge is -2.31. The third-order valence-corrected chi connectivity index (χ3v) is 6.56. The maximum absolute atomic E-state index is 14.1. The first-order valence-electron chi connectivity index (χ1n) is 14.0. The molecule has 2 rings (SSSR count). The van der Waals surface area contributed by atoms with Crippen LogP contribution in [0.2, 0.25) is 0 Å². The van der Waals surface area contributed by atoms with Crippen LogP contribution in [0.25, 0.3) is 0 Å². The van der Waals surface area contributed by atoms with Crippen LogP contribution in [0, 0.1) is 26.3 Å². The zero-order chi connectivity index (χ0) is 32.5. The predicted octanol–water partition coefficient (Wildman–Crippen LogP) is 4.66. The second kappa shape index (κ2) is 15.0. The summed E-state index contributed by atoms with van der Waals surface area (Å²) in [6.45, 7) is 14.1. The van der Waals surface area contributed by atoms with E-state index in [2.05, 4.69) is 29.3 Å². The lowest BCUT2D eigenvalue weighted by molar-refractivity contribution is -0.159. The molecule has 43 heavy (non-hydrogen) atoms. The molecule has 9 nitrogen and oxygen atoms in total. The highest BCUT2D eigenvalue weighted by Crippen LogP contribution is 2.25. The minimum atomic E-state index is -1.35. The molecule has 0 spiro atoms. The van der Waals surface area contributed by atoms with E-state index in [-0.39, 0.29) is 12.2 Å². The van der Waals surface area contributed by atoms with Gasteiger partial charge in [-0.2, -0.15) is 12.6 Å². The van der Waals surface area contributed by atoms with Gasteiger partial charge in [0, 0.05) is 18.2 Å². The van der Waals surface area contributed by atoms with Crippen LogP contribution in [-0.4, -0.2) is 57.8 Å². The van der Waals surface area contributed by atoms with Crippen molar-refractivity contribution in [2.24, 2.45) is 0 Å². The number of nitrogens with zero attached hydrogens (tertiary/aromatic N) is 1. The number of carbonyl (C=O) groups excluding carboxylic acids is 4. The Bertz CT molecular complexity index is 1340. The first-order chi connectivity index (χ1) is 20.0. The summed E-state index contributed by atoms with van der Waals surface area (Å²) >= 11 is 4.24. The Morgan fingerprint density at radius 2 is 1.49 bits per heavy atom. The number of amides is 3. The Labute approximate surface area is 260 Å². The summed E-state index contributed by atoms with van der Waals surface area (Å²) in [6, 6.07) is 13.1. The number of aryl methyl sites for hydroxylation is 2. The van der Waals surface area contributed by atoms with Crippen molar-refractivity contribution in [2.45, 2.75) is 91.1 Å². The molecule has 0 aliphatic rings. The largest absolute Gasteiger partial charge is 0.458 e. The summed E-state index contributed by atoms with van der Waals surface area (Å²) in [5.41, 5.74) is 1.44. The number of terminal acetylenes is 1. The third kappa shape index (κ3) is 11.0. The SMILES string of the molecule is C#CN(C(=O)C(CS)NC(=O)OC(C)(C)C)C(C(=O)NC(Cc1ccccc1)C(=O)OC(C)(C)C)c1ccc(C)c(C)c1. The minimum absolute atomic E-state index is 0.119. The minimum Gasteiger partial charge on any atom is -0.458 e. The van der Waals surface area contributed by atoms with Gasteiger partial charge in [-0.05, 0) is 77.6 Å². The molecule has 0 aliphatic carbocycles. The summed E-state index contributed by atoms with van der Waals surface area (Å²) in [6.07, 6.45) is 5.16. The van der Waals surface area contributed by atoms with E-state index in [1.807, 2.05) is 50.2 Å². The Hall–Kier alpha value is -3.97. The van der Waals surface area contributed by atoms with Crippen molar-refractivity contribution in [3.8, 4) is 12.5 Å². The molecule has 0 saturated heterocycles. The molecule has 3 unspecified atom stereocenters. The maximum atomic E-state index is 14.1. The Morgan fingerprint density at radius 3 is 2.00 bits per heavy atom. The summed E-state index contributed by atoms with van der Waals surface area (Å²) in [5, 5.41) is 5.28. The van der Waals surface area contributed by atoms with Gasteiger partial charge in [-0.1, -0.05) is 55.0 Å². The molecule has 2 N–H and O–H groups in total. The van der Waals surface area contributed by atoms with Gasteiger partial charge in [0.05, 0.1) is 0 Å². The molecule has 0 radical (unpaired) electrons. The Balaban J connectivity index is 2.52. The van der Waals surface area contributed by atoms with E-state index in [0.29, 0.717) is 5.56 Å². The van der Waals surface area contributed by atoms with Gasteiger partial charge in [-0.15, -0.1) is 0 Å². The zero-order valence-corrected chi connectivity index (χ0v) is 27.1. The lowest BCUT2D eigenvalue weighted by Crippen LogP contribution is -2.54. The van der Waals surface area contributed by atoms with Crippen molar-refractivity contribution < 1.29 is 28.7 Å². The number of esters is 1. The third-order valence-electron chi connectivity index (χ3n) is 6.19. The highest BCUT2D eigenvalue weighted by Gasteiger charge is 2.38. The molecule has 3 atom stereocenters. The van der Waals surface area contributed by atoms with Crippen LogP contribution < -0.4 is 10.6 Å². The van der Waals surface area contributed by atoms with E-state index in [0.717, 1.165) is 21.6 Å². The van der Waals surface area contributed by atoms with Gasteiger partial charge >= 0.3 is 12.1 Å². The monoisotopic (exact) mass is 609 g/mol. The highest BCUT2D eigenvalue weighted by atomic mass is 32.1. The first kappa shape index (κ1) is 35.2. The molecule has 0 aromatic heterocycles. The normalized spacial score (nSPS) is 13.5. The standard InChI is InChI=1S/C33H43N3O6S/c1-10-36(29(38)26(20-43)35-31(40)42-33(7,8)9)27(24-17-16-21(2)22(3)18-24)28(37)34-25(30(39)41-32(4,5)6)19-23-14-12-11-13-15-23/h1,11-18,25-27,43H,19-20H2,2-9H3,(H,34,37)(H,35,40). The van der Waals surface area contributed by atoms with Crippen LogP contribution in [-0.2, 0) is 30.3 Å². The van der Waals surface area contributed by atoms with E-state index in [4.69, 9.17) is 15.9 Å². The molecule has 0 saturated carbocycles. The molecule has 0 bridgehead atoms. The molecule has 2 aromatic carbocycles. The number of thiol groups is 1. The smallest absolute Gasteiger partial charge is 0.408 e. The lowest BCUT2D eigenvalue weighted by atomic mass is 9.98. The van der Waals surface area contributed by atoms with Crippen molar-refractivity contribution in [1.29, 1.82) is 0 Å². The molecule has 0 aliphatic heterocycles. The van der Waals surface area contributed by atoms with Crippen LogP contribution in [0.4, 0.5) is 4.79 Å². The van der Waals surface area contributed by atoms with Gasteiger partial charge in [0.15, 0.2) is 0 Å². The van der Waals surface area contributed by atoms with E-state index < -0.39 is 53.2 Å². The maximum Gasteiger partial charge on any atom is 0.408 e. The van der Waals surface area contributed by atoms with E-state index in [1.54, 1.807) is 53.7 Å². The van der Waals surface area contributed by atoms with Gasteiger partial charge < -0.3 is 20.1 Å². The average molecular weight is 610 g/mol. The fourth-order valence-electron chi connectivity index (χ4n) is 4.09. The number of ether oxygens (including phenoxy) is 2. The molecular weight excluding hydrogens is 566 g/mol. The highest BCUT2D eigenvalue weighted by molar-refractivity contribution is 7.80. The summed E-state index contributed by atoms with van der Waals surface area (Å²) < 4.78 is 10.9. The molecule has 0 heterocycles. The van der Waals surface area contributed by atoms with Gasteiger partial charge in [-0.25, -0.2) is 9.59 Å². The van der Waals surface area contributed by atoms with Crippen LogP contribution in [0.1, 0.15) is 69.8 Å². The second-order valence-corrected chi connectivity index (χ2v) is 12.6. The van der Waals surface area contributed by atoms with Gasteiger partial charge in [0.25, 0.3) is 5.91 Å². The second-order valence-electron chi connectivity index (χ2n) is 12.2. The fourth-order valence-corrected chi connectivity index (χ4v) is 4.34. The number of rotatable bonds is 10. The van der Waals surface area contributed by atoms with Crippen molar-refractivity contribution in [3.05, 3.63) is 70.8 Å². The van der Waals surface area contributed by atoms with Crippen LogP contribution in [0.5, 0.6) is 0 Å². The summed E-state index contributed by atoms with van der Waals surface area (Å²) in [4.78, 5) is 54.6. The molecular formula is C33H43N3O6S. The van der Waals surface area contributed by atoms with E-state index >= 15 is 0 Å². The molecule has 10 heteroatoms. The van der Waals surface area contributed by atoms with Gasteiger partial charge in [0.1, 0.15) is 29.3 Å². The first-order valence-corrected chi connectivity index (χ1v) is 14.6. The fraction of sp³-hybridized carbons (Fsp3) is 0.455. The zero-order valence-electron chi connectivity index (χ0n) is 26.2. The van der Waals surface area contributed by atoms with Crippen molar-refractivity contribution in [2.75, 3.05) is 5.75 Å². The molecule has 232 valence electrons. The van der Waals surface area contributed by atoms with Crippen LogP contribution in [0.15, 0.2) is 48.5 Å². The number of benzene rings is 2. The van der Waals surface area contributed by atoms with Crippen LogP contribution in [0.3, 0.4) is 0 Å². The van der Waals surface area contributed by atoms with Crippen molar-refractivity contribution in [3.63, 3.8) is 0 Å². The Kier molecular flexibility index (Phi) is 12.3. The van der Waals surface area contributed by atoms with E-state index in [9.17, 15) is 19.2 Å². The van der Waals surface area contributed by atoms with Crippen molar-refractivity contribution in [1.82, 2.24) is 15.5 Å². The number of hydrogen-bond acceptors (Lipinski definition) is 7. The summed E-state index contributed by atoms with van der Waals surface area (Å²) in [5.74, 6) is -2.21. The van der Waals surface area contributed by atoms with Gasteiger partial charge in [-0.3, -0.25) is 14.5 Å². The quantitative estimate of drug-likeness (QED) is 0.156. The average Bonchev–Trinajstić information content (AvgIpc) is 2.89. The number of hydrogen-bond donors (Lipinski definition) is 3. The molecule has 2 aromatic rings. The number of carbonyl (C=O) groups is 4. The number of nitrogens with one attached hydrogen (secondary N) is 2. The molecule has 0 fully saturated rings. The van der Waals surface area contributed by atoms with Gasteiger partial charge in [0.2, 0.25) is 5.91 Å². The number of alkyl carbamates (subject to hydrolysis) is 1. The predicted molar refractivity (Wildman–Crippen MR) is 169 cm³/mol. The van der Waals surface area contributed by atoms with Crippen LogP contribution >= 0.6 is 12.6 Å². The topological polar surface area (TPSA) is 114 Å². The summed E-state index contributed by atoms with van der Waals surface area (Å²) in [7, 11) is 0. The Morgan fingerprint density at radius 1 is 0.884 bits per heavy atom. The van der Waals surface area contributed by atoms with Crippen molar-refractivity contribution >= 4 is 36.5 Å². The van der Waals surface area contributed by atoms with E-state index in [1.165, 1.54) is 0 Å².